The topological polar surface area (TPSA) is 67.6 Å². The fourth-order valence-corrected chi connectivity index (χ4v) is 3.42. The molecule has 1 amide bonds. The Kier molecular flexibility index (Phi) is 7.63. The number of ether oxygens (including phenoxy) is 1. The third-order valence-corrected chi connectivity index (χ3v) is 4.60. The third-order valence-electron chi connectivity index (χ3n) is 4.60. The van der Waals surface area contributed by atoms with Crippen LogP contribution in [0.3, 0.4) is 0 Å². The minimum absolute atomic E-state index is 0.198. The molecule has 0 saturated heterocycles. The summed E-state index contributed by atoms with van der Waals surface area (Å²) in [7, 11) is 1.73. The van der Waals surface area contributed by atoms with Gasteiger partial charge in [-0.15, -0.1) is 0 Å². The van der Waals surface area contributed by atoms with Crippen molar-refractivity contribution in [3.63, 3.8) is 0 Å². The number of hydrogen-bond acceptors (Lipinski definition) is 4. The highest BCUT2D eigenvalue weighted by molar-refractivity contribution is 5.84. The van der Waals surface area contributed by atoms with E-state index in [1.807, 2.05) is 0 Å². The van der Waals surface area contributed by atoms with Crippen LogP contribution in [0.4, 0.5) is 0 Å². The van der Waals surface area contributed by atoms with Crippen LogP contribution < -0.4 is 11.1 Å². The van der Waals surface area contributed by atoms with Crippen LogP contribution >= 0.6 is 0 Å². The summed E-state index contributed by atoms with van der Waals surface area (Å²) in [5.74, 6) is -0.198. The van der Waals surface area contributed by atoms with E-state index in [1.165, 1.54) is 0 Å². The van der Waals surface area contributed by atoms with Gasteiger partial charge in [-0.05, 0) is 52.5 Å². The number of rotatable bonds is 9. The Labute approximate surface area is 129 Å². The monoisotopic (exact) mass is 299 g/mol. The first kappa shape index (κ1) is 18.4. The fraction of sp³-hybridized carbons (Fsp3) is 0.938. The van der Waals surface area contributed by atoms with Crippen molar-refractivity contribution in [2.75, 3.05) is 26.8 Å². The van der Waals surface area contributed by atoms with Crippen LogP contribution in [0, 0.1) is 0 Å². The molecule has 5 heteroatoms. The number of carbonyl (C=O) groups excluding carboxylic acids is 1. The second kappa shape index (κ2) is 8.71. The molecule has 0 spiro atoms. The van der Waals surface area contributed by atoms with E-state index in [4.69, 9.17) is 10.5 Å². The van der Waals surface area contributed by atoms with Crippen molar-refractivity contribution in [3.05, 3.63) is 0 Å². The van der Waals surface area contributed by atoms with Crippen molar-refractivity contribution in [1.29, 1.82) is 0 Å². The number of hydrogen-bond donors (Lipinski definition) is 2. The zero-order valence-corrected chi connectivity index (χ0v) is 14.2. The lowest BCUT2D eigenvalue weighted by atomic mass is 9.77. The fourth-order valence-electron chi connectivity index (χ4n) is 3.42. The van der Waals surface area contributed by atoms with Crippen LogP contribution in [0.5, 0.6) is 0 Å². The van der Waals surface area contributed by atoms with Crippen molar-refractivity contribution in [3.8, 4) is 0 Å². The smallest absolute Gasteiger partial charge is 0.237 e. The van der Waals surface area contributed by atoms with Crippen LogP contribution in [0.2, 0.25) is 0 Å². The summed E-state index contributed by atoms with van der Waals surface area (Å²) in [5.41, 5.74) is 5.21. The molecular weight excluding hydrogens is 266 g/mol. The maximum absolute atomic E-state index is 12.1. The summed E-state index contributed by atoms with van der Waals surface area (Å²) < 4.78 is 5.23. The summed E-state index contributed by atoms with van der Waals surface area (Å²) in [4.78, 5) is 14.5. The lowest BCUT2D eigenvalue weighted by molar-refractivity contribution is -0.127. The van der Waals surface area contributed by atoms with E-state index < -0.39 is 5.54 Å². The maximum Gasteiger partial charge on any atom is 0.237 e. The molecule has 0 heterocycles. The molecule has 1 aliphatic rings. The second-order valence-corrected chi connectivity index (χ2v) is 6.45. The van der Waals surface area contributed by atoms with Gasteiger partial charge >= 0.3 is 0 Å². The van der Waals surface area contributed by atoms with Crippen LogP contribution in [0.15, 0.2) is 0 Å². The molecule has 1 saturated carbocycles. The molecule has 2 atom stereocenters. The minimum Gasteiger partial charge on any atom is -0.383 e. The van der Waals surface area contributed by atoms with E-state index >= 15 is 0 Å². The number of methoxy groups -OCH3 is 1. The van der Waals surface area contributed by atoms with Crippen LogP contribution in [0.1, 0.15) is 52.9 Å². The SMILES string of the molecule is CCCNC1(C(N)=O)CCCC(N(CCOC)C(C)C)C1. The van der Waals surface area contributed by atoms with Gasteiger partial charge in [0.25, 0.3) is 0 Å². The van der Waals surface area contributed by atoms with E-state index in [0.717, 1.165) is 51.8 Å². The molecule has 2 unspecified atom stereocenters. The predicted molar refractivity (Wildman–Crippen MR) is 86.2 cm³/mol. The number of nitrogens with two attached hydrogens (primary N) is 1. The Balaban J connectivity index is 2.80. The summed E-state index contributed by atoms with van der Waals surface area (Å²) in [6, 6.07) is 0.839. The van der Waals surface area contributed by atoms with E-state index in [0.29, 0.717) is 12.1 Å². The molecule has 5 nitrogen and oxygen atoms in total. The zero-order valence-electron chi connectivity index (χ0n) is 14.2. The van der Waals surface area contributed by atoms with Crippen molar-refractivity contribution in [2.45, 2.75) is 70.5 Å². The van der Waals surface area contributed by atoms with Crippen LogP contribution in [-0.4, -0.2) is 55.2 Å². The van der Waals surface area contributed by atoms with Gasteiger partial charge in [0.2, 0.25) is 5.91 Å². The van der Waals surface area contributed by atoms with Crippen molar-refractivity contribution in [2.24, 2.45) is 5.73 Å². The first-order valence-corrected chi connectivity index (χ1v) is 8.26. The van der Waals surface area contributed by atoms with Gasteiger partial charge in [0.15, 0.2) is 0 Å². The highest BCUT2D eigenvalue weighted by Crippen LogP contribution is 2.32. The molecule has 0 aliphatic heterocycles. The summed E-state index contributed by atoms with van der Waals surface area (Å²) in [6.07, 6.45) is 4.85. The Morgan fingerprint density at radius 1 is 1.52 bits per heavy atom. The molecule has 0 aromatic carbocycles. The first-order valence-electron chi connectivity index (χ1n) is 8.26. The van der Waals surface area contributed by atoms with E-state index in [1.54, 1.807) is 7.11 Å². The van der Waals surface area contributed by atoms with E-state index in [2.05, 4.69) is 31.0 Å². The normalized spacial score (nSPS) is 26.5. The number of amides is 1. The molecule has 0 aromatic heterocycles. The largest absolute Gasteiger partial charge is 0.383 e. The minimum atomic E-state index is -0.529. The van der Waals surface area contributed by atoms with Gasteiger partial charge in [-0.2, -0.15) is 0 Å². The van der Waals surface area contributed by atoms with Crippen molar-refractivity contribution >= 4 is 5.91 Å². The number of nitrogens with one attached hydrogen (secondary N) is 1. The molecule has 1 fully saturated rings. The Bertz CT molecular complexity index is 323. The molecule has 0 radical (unpaired) electrons. The molecular formula is C16H33N3O2. The lowest BCUT2D eigenvalue weighted by Crippen LogP contribution is -2.61. The average Bonchev–Trinajstić information content (AvgIpc) is 2.45. The Morgan fingerprint density at radius 2 is 2.24 bits per heavy atom. The lowest BCUT2D eigenvalue weighted by Gasteiger charge is -2.45. The van der Waals surface area contributed by atoms with Gasteiger partial charge < -0.3 is 15.8 Å². The molecule has 21 heavy (non-hydrogen) atoms. The highest BCUT2D eigenvalue weighted by Gasteiger charge is 2.42. The number of carbonyl (C=O) groups is 1. The predicted octanol–water partition coefficient (Wildman–Crippen LogP) is 1.51. The van der Waals surface area contributed by atoms with Gasteiger partial charge in [0.05, 0.1) is 12.1 Å². The Hall–Kier alpha value is -0.650. The van der Waals surface area contributed by atoms with Gasteiger partial charge in [0, 0.05) is 25.7 Å². The van der Waals surface area contributed by atoms with Gasteiger partial charge in [0.1, 0.15) is 0 Å². The standard InChI is InChI=1S/C16H33N3O2/c1-5-9-18-16(15(17)20)8-6-7-14(12-16)19(13(2)3)10-11-21-4/h13-14,18H,5-12H2,1-4H3,(H2,17,20). The maximum atomic E-state index is 12.1. The van der Waals surface area contributed by atoms with Crippen LogP contribution in [0.25, 0.3) is 0 Å². The first-order chi connectivity index (χ1) is 9.96. The number of nitrogens with zero attached hydrogens (tertiary/aromatic N) is 1. The molecule has 0 aromatic rings. The van der Waals surface area contributed by atoms with Crippen LogP contribution in [-0.2, 0) is 9.53 Å². The molecule has 0 bridgehead atoms. The molecule has 124 valence electrons. The summed E-state index contributed by atoms with van der Waals surface area (Å²) >= 11 is 0. The van der Waals surface area contributed by atoms with E-state index in [-0.39, 0.29) is 5.91 Å². The van der Waals surface area contributed by atoms with Crippen molar-refractivity contribution in [1.82, 2.24) is 10.2 Å². The van der Waals surface area contributed by atoms with Gasteiger partial charge in [-0.3, -0.25) is 9.69 Å². The Morgan fingerprint density at radius 3 is 2.76 bits per heavy atom. The summed E-state index contributed by atoms with van der Waals surface area (Å²) in [5, 5.41) is 3.43. The summed E-state index contributed by atoms with van der Waals surface area (Å²) in [6.45, 7) is 8.99. The van der Waals surface area contributed by atoms with Crippen molar-refractivity contribution < 1.29 is 9.53 Å². The highest BCUT2D eigenvalue weighted by atomic mass is 16.5. The van der Waals surface area contributed by atoms with E-state index in [9.17, 15) is 4.79 Å². The third kappa shape index (κ3) is 4.94. The van der Waals surface area contributed by atoms with Gasteiger partial charge in [-0.1, -0.05) is 6.92 Å². The molecule has 1 aliphatic carbocycles. The number of primary amides is 1. The average molecular weight is 299 g/mol. The second-order valence-electron chi connectivity index (χ2n) is 6.45. The molecule has 3 N–H and O–H groups in total. The zero-order chi connectivity index (χ0) is 15.9. The quantitative estimate of drug-likeness (QED) is 0.677. The van der Waals surface area contributed by atoms with Gasteiger partial charge in [-0.25, -0.2) is 0 Å². The molecule has 1 rings (SSSR count).